The Labute approximate surface area is 180 Å². The molecule has 2 aromatic rings. The Balaban J connectivity index is 0.000000589. The molecule has 4 rings (SSSR count). The van der Waals surface area contributed by atoms with Crippen molar-refractivity contribution in [2.75, 3.05) is 23.3 Å². The lowest BCUT2D eigenvalue weighted by Crippen LogP contribution is -2.24. The normalized spacial score (nSPS) is 17.9. The van der Waals surface area contributed by atoms with E-state index in [1.807, 2.05) is 6.07 Å². The van der Waals surface area contributed by atoms with E-state index in [1.54, 1.807) is 20.2 Å². The summed E-state index contributed by atoms with van der Waals surface area (Å²) in [7, 11) is 0. The maximum absolute atomic E-state index is 8.06. The summed E-state index contributed by atoms with van der Waals surface area (Å²) in [5, 5.41) is 19.2. The van der Waals surface area contributed by atoms with Gasteiger partial charge < -0.3 is 20.7 Å². The molecule has 6 nitrogen and oxygen atoms in total. The van der Waals surface area contributed by atoms with E-state index in [-0.39, 0.29) is 6.10 Å². The Kier molecular flexibility index (Phi) is 7.08. The number of hydrogen-bond donors (Lipinski definition) is 3. The van der Waals surface area contributed by atoms with Crippen molar-refractivity contribution in [2.24, 2.45) is 5.41 Å². The standard InChI is InChI=1S/C21H27N5.C3H8O/c1-3-9-26(4-2)20-11-19(23-14-24-20)25-18-10-15(5-6-16(18)13-22)17-12-21(17)7-8-21;1-3(2)4/h5-6,10-11,13-14,17,22H,3-4,7-9,12H2,1-2H3,(H,23,24,25);3-4H,1-2H3. The highest BCUT2D eigenvalue weighted by atomic mass is 16.3. The van der Waals surface area contributed by atoms with Crippen molar-refractivity contribution in [2.45, 2.75) is 65.4 Å². The number of hydrogen-bond acceptors (Lipinski definition) is 6. The minimum Gasteiger partial charge on any atom is -0.394 e. The van der Waals surface area contributed by atoms with Gasteiger partial charge in [-0.05, 0) is 69.4 Å². The minimum atomic E-state index is -0.167. The van der Waals surface area contributed by atoms with Gasteiger partial charge in [-0.3, -0.25) is 0 Å². The molecule has 1 spiro atoms. The first-order chi connectivity index (χ1) is 14.4. The Morgan fingerprint density at radius 1 is 1.27 bits per heavy atom. The van der Waals surface area contributed by atoms with Crippen LogP contribution in [0, 0.1) is 10.8 Å². The summed E-state index contributed by atoms with van der Waals surface area (Å²) in [6.07, 6.45) is 8.03. The van der Waals surface area contributed by atoms with Gasteiger partial charge in [0.05, 0.1) is 0 Å². The SMILES string of the molecule is CC(C)O.CCCN(CC)c1cc(Nc2cc(C3CC34CC4)ccc2C=N)ncn1. The number of nitrogens with one attached hydrogen (secondary N) is 2. The molecule has 1 aromatic carbocycles. The van der Waals surface area contributed by atoms with Crippen LogP contribution in [0.15, 0.2) is 30.6 Å². The fourth-order valence-electron chi connectivity index (χ4n) is 3.99. The number of aliphatic hydroxyl groups excluding tert-OH is 1. The molecule has 1 heterocycles. The van der Waals surface area contributed by atoms with E-state index >= 15 is 0 Å². The highest BCUT2D eigenvalue weighted by Gasteiger charge is 2.62. The maximum Gasteiger partial charge on any atom is 0.135 e. The molecule has 0 bridgehead atoms. The number of aromatic nitrogens is 2. The van der Waals surface area contributed by atoms with E-state index in [1.165, 1.54) is 31.0 Å². The van der Waals surface area contributed by atoms with Crippen molar-refractivity contribution in [3.05, 3.63) is 41.7 Å². The molecule has 2 aliphatic rings. The predicted octanol–water partition coefficient (Wildman–Crippen LogP) is 5.11. The monoisotopic (exact) mass is 409 g/mol. The molecule has 0 aliphatic heterocycles. The maximum atomic E-state index is 8.06. The van der Waals surface area contributed by atoms with Crippen LogP contribution in [0.2, 0.25) is 0 Å². The molecule has 3 N–H and O–H groups in total. The molecule has 162 valence electrons. The lowest BCUT2D eigenvalue weighted by Gasteiger charge is -2.21. The molecule has 2 aliphatic carbocycles. The van der Waals surface area contributed by atoms with Crippen molar-refractivity contribution in [3.63, 3.8) is 0 Å². The number of anilines is 3. The van der Waals surface area contributed by atoms with Gasteiger partial charge >= 0.3 is 0 Å². The van der Waals surface area contributed by atoms with Crippen molar-refractivity contribution in [3.8, 4) is 0 Å². The summed E-state index contributed by atoms with van der Waals surface area (Å²) in [6, 6.07) is 8.45. The zero-order chi connectivity index (χ0) is 21.7. The summed E-state index contributed by atoms with van der Waals surface area (Å²) in [6.45, 7) is 9.67. The molecule has 0 saturated heterocycles. The summed E-state index contributed by atoms with van der Waals surface area (Å²) in [4.78, 5) is 11.1. The highest BCUT2D eigenvalue weighted by Crippen LogP contribution is 2.75. The fourth-order valence-corrected chi connectivity index (χ4v) is 3.99. The molecular formula is C24H35N5O. The second-order valence-corrected chi connectivity index (χ2v) is 8.67. The van der Waals surface area contributed by atoms with Crippen LogP contribution in [0.1, 0.15) is 70.4 Å². The van der Waals surface area contributed by atoms with Crippen LogP contribution in [0.5, 0.6) is 0 Å². The fraction of sp³-hybridized carbons (Fsp3) is 0.542. The lowest BCUT2D eigenvalue weighted by atomic mass is 10.0. The van der Waals surface area contributed by atoms with Crippen LogP contribution in [0.4, 0.5) is 17.3 Å². The molecule has 1 unspecified atom stereocenters. The van der Waals surface area contributed by atoms with Gasteiger partial charge in [0.1, 0.15) is 18.0 Å². The van der Waals surface area contributed by atoms with Gasteiger partial charge in [-0.25, -0.2) is 9.97 Å². The molecule has 6 heteroatoms. The topological polar surface area (TPSA) is 85.1 Å². The average Bonchev–Trinajstić information content (AvgIpc) is 3.65. The van der Waals surface area contributed by atoms with E-state index in [9.17, 15) is 0 Å². The summed E-state index contributed by atoms with van der Waals surface area (Å²) < 4.78 is 0. The molecule has 2 saturated carbocycles. The second-order valence-electron chi connectivity index (χ2n) is 8.67. The number of benzene rings is 1. The Morgan fingerprint density at radius 2 is 2.00 bits per heavy atom. The van der Waals surface area contributed by atoms with Gasteiger partial charge in [0, 0.05) is 42.7 Å². The van der Waals surface area contributed by atoms with Gasteiger partial charge in [-0.1, -0.05) is 19.1 Å². The predicted molar refractivity (Wildman–Crippen MR) is 124 cm³/mol. The van der Waals surface area contributed by atoms with Crippen LogP contribution in [0.25, 0.3) is 0 Å². The smallest absolute Gasteiger partial charge is 0.135 e. The molecule has 1 aromatic heterocycles. The molecular weight excluding hydrogens is 374 g/mol. The van der Waals surface area contributed by atoms with Gasteiger partial charge in [-0.2, -0.15) is 0 Å². The first-order valence-corrected chi connectivity index (χ1v) is 11.1. The van der Waals surface area contributed by atoms with Crippen molar-refractivity contribution < 1.29 is 5.11 Å². The summed E-state index contributed by atoms with van der Waals surface area (Å²) in [5.74, 6) is 2.43. The van der Waals surface area contributed by atoms with Crippen LogP contribution in [0.3, 0.4) is 0 Å². The summed E-state index contributed by atoms with van der Waals surface area (Å²) >= 11 is 0. The van der Waals surface area contributed by atoms with Crippen LogP contribution in [-0.4, -0.2) is 40.5 Å². The third kappa shape index (κ3) is 5.36. The van der Waals surface area contributed by atoms with E-state index in [0.29, 0.717) is 11.3 Å². The first kappa shape index (κ1) is 22.2. The van der Waals surface area contributed by atoms with Gasteiger partial charge in [0.15, 0.2) is 0 Å². The van der Waals surface area contributed by atoms with Gasteiger partial charge in [0.25, 0.3) is 0 Å². The van der Waals surface area contributed by atoms with Crippen molar-refractivity contribution in [1.82, 2.24) is 9.97 Å². The van der Waals surface area contributed by atoms with E-state index < -0.39 is 0 Å². The van der Waals surface area contributed by atoms with E-state index in [2.05, 4.69) is 52.2 Å². The third-order valence-corrected chi connectivity index (χ3v) is 5.83. The largest absolute Gasteiger partial charge is 0.394 e. The molecule has 1 atom stereocenters. The van der Waals surface area contributed by atoms with Crippen LogP contribution >= 0.6 is 0 Å². The zero-order valence-electron chi connectivity index (χ0n) is 18.7. The van der Waals surface area contributed by atoms with Crippen molar-refractivity contribution >= 4 is 23.5 Å². The van der Waals surface area contributed by atoms with Gasteiger partial charge in [-0.15, -0.1) is 0 Å². The number of rotatable bonds is 8. The third-order valence-electron chi connectivity index (χ3n) is 5.83. The Morgan fingerprint density at radius 3 is 2.57 bits per heavy atom. The summed E-state index contributed by atoms with van der Waals surface area (Å²) in [5.41, 5.74) is 3.88. The quantitative estimate of drug-likeness (QED) is 0.528. The van der Waals surface area contributed by atoms with Crippen LogP contribution < -0.4 is 10.2 Å². The molecule has 2 fully saturated rings. The Bertz CT molecular complexity index is 860. The number of aliphatic hydroxyl groups is 1. The highest BCUT2D eigenvalue weighted by molar-refractivity contribution is 5.87. The zero-order valence-corrected chi connectivity index (χ0v) is 18.7. The molecule has 0 amide bonds. The second kappa shape index (κ2) is 9.56. The number of nitrogens with zero attached hydrogens (tertiary/aromatic N) is 3. The minimum absolute atomic E-state index is 0.167. The van der Waals surface area contributed by atoms with Crippen molar-refractivity contribution in [1.29, 1.82) is 5.41 Å². The van der Waals surface area contributed by atoms with E-state index in [4.69, 9.17) is 10.5 Å². The van der Waals surface area contributed by atoms with Gasteiger partial charge in [0.2, 0.25) is 0 Å². The Hall–Kier alpha value is -2.47. The average molecular weight is 410 g/mol. The lowest BCUT2D eigenvalue weighted by molar-refractivity contribution is 0.216. The first-order valence-electron chi connectivity index (χ1n) is 11.1. The molecule has 30 heavy (non-hydrogen) atoms. The molecule has 0 radical (unpaired) electrons. The van der Waals surface area contributed by atoms with Crippen LogP contribution in [-0.2, 0) is 0 Å². The van der Waals surface area contributed by atoms with E-state index in [0.717, 1.165) is 42.4 Å².